The fourth-order valence-electron chi connectivity index (χ4n) is 9.32. The molecule has 336 valence electrons. The van der Waals surface area contributed by atoms with Gasteiger partial charge in [0.05, 0.1) is 35.9 Å². The minimum atomic E-state index is -1.87. The number of terminal acetylenes is 1. The molecule has 1 N–H and O–H groups in total. The van der Waals surface area contributed by atoms with E-state index in [9.17, 15) is 28.8 Å². The average Bonchev–Trinajstić information content (AvgIpc) is 3.84. The Morgan fingerprint density at radius 3 is 2.36 bits per heavy atom. The summed E-state index contributed by atoms with van der Waals surface area (Å²) >= 11 is 0. The number of aliphatic hydroxyl groups is 1. The molecule has 3 fully saturated rings. The fourth-order valence-corrected chi connectivity index (χ4v) is 9.32. The number of unbranched alkanes of at least 4 members (excludes halogenated alkanes) is 1. The summed E-state index contributed by atoms with van der Waals surface area (Å²) in [4.78, 5) is 72.4. The first kappa shape index (κ1) is 47.6. The van der Waals surface area contributed by atoms with Gasteiger partial charge in [-0.05, 0) is 73.0 Å². The number of halogens is 1. The summed E-state index contributed by atoms with van der Waals surface area (Å²) in [5, 5.41) is 11.4. The minimum absolute atomic E-state index is 0.0573. The molecule has 3 saturated heterocycles. The second-order valence-electron chi connectivity index (χ2n) is 17.3. The van der Waals surface area contributed by atoms with Gasteiger partial charge in [0.25, 0.3) is 5.88 Å². The first-order chi connectivity index (χ1) is 28.9. The van der Waals surface area contributed by atoms with Crippen molar-refractivity contribution in [3.63, 3.8) is 0 Å². The number of aryl methyl sites for hydroxylation is 1. The zero-order valence-corrected chi connectivity index (χ0v) is 36.9. The number of pyridine rings is 1. The van der Waals surface area contributed by atoms with Crippen molar-refractivity contribution in [2.75, 3.05) is 27.7 Å². The molecule has 0 saturated carbocycles. The number of ketones is 2. The number of ether oxygens (including phenoxy) is 5. The molecule has 0 aromatic carbocycles. The predicted molar refractivity (Wildman–Crippen MR) is 219 cm³/mol. The van der Waals surface area contributed by atoms with Crippen LogP contribution in [0, 0.1) is 36.0 Å². The number of imidazole rings is 1. The fraction of sp³-hybridized carbons (Fsp3) is 0.682. The van der Waals surface area contributed by atoms with Gasteiger partial charge in [-0.1, -0.05) is 33.6 Å². The number of likely N-dealkylation sites (N-methyl/N-ethyl adjacent to an activating group) is 1. The van der Waals surface area contributed by atoms with Crippen LogP contribution < -0.4 is 4.94 Å². The Kier molecular flexibility index (Phi) is 15.4. The number of Topliss-reactive ketones (excluding diaryl/α,β-unsaturated/α-hetero) is 2. The molecule has 5 heterocycles. The van der Waals surface area contributed by atoms with E-state index in [2.05, 4.69) is 20.8 Å². The summed E-state index contributed by atoms with van der Waals surface area (Å²) < 4.78 is 45.3. The third-order valence-corrected chi connectivity index (χ3v) is 12.8. The van der Waals surface area contributed by atoms with Gasteiger partial charge in [0.1, 0.15) is 17.8 Å². The van der Waals surface area contributed by atoms with Crippen molar-refractivity contribution >= 4 is 23.6 Å². The largest absolute Gasteiger partial charge is 0.456 e. The highest BCUT2D eigenvalue weighted by molar-refractivity contribution is 6.00. The van der Waals surface area contributed by atoms with Gasteiger partial charge in [-0.2, -0.15) is 0 Å². The number of rotatable bonds is 12. The molecule has 13 atom stereocenters. The van der Waals surface area contributed by atoms with Crippen molar-refractivity contribution in [1.29, 1.82) is 0 Å². The van der Waals surface area contributed by atoms with E-state index in [-0.39, 0.29) is 43.2 Å². The highest BCUT2D eigenvalue weighted by atomic mass is 19.3. The van der Waals surface area contributed by atoms with Crippen LogP contribution in [0.4, 0.5) is 9.32 Å². The molecule has 16 nitrogen and oxygen atoms in total. The number of hydrogen-bond acceptors (Lipinski definition) is 14. The second-order valence-corrected chi connectivity index (χ2v) is 17.3. The lowest BCUT2D eigenvalue weighted by molar-refractivity contribution is -0.295. The van der Waals surface area contributed by atoms with Crippen molar-refractivity contribution in [3.8, 4) is 29.5 Å². The molecule has 61 heavy (non-hydrogen) atoms. The lowest BCUT2D eigenvalue weighted by Crippen LogP contribution is -2.60. The summed E-state index contributed by atoms with van der Waals surface area (Å²) in [6.45, 7) is 12.5. The predicted octanol–water partition coefficient (Wildman–Crippen LogP) is 4.81. The number of aliphatic hydroxyl groups excluding tert-OH is 1. The van der Waals surface area contributed by atoms with Crippen LogP contribution in [0.5, 0.6) is 5.88 Å². The third kappa shape index (κ3) is 9.78. The van der Waals surface area contributed by atoms with Crippen LogP contribution in [0.1, 0.15) is 80.6 Å². The van der Waals surface area contributed by atoms with Gasteiger partial charge in [0.15, 0.2) is 18.2 Å². The van der Waals surface area contributed by atoms with Crippen LogP contribution in [-0.4, -0.2) is 135 Å². The highest BCUT2D eigenvalue weighted by Crippen LogP contribution is 2.43. The Hall–Kier alpha value is -4.47. The molecule has 0 bridgehead atoms. The summed E-state index contributed by atoms with van der Waals surface area (Å²) in [5.74, 6) is -3.16. The topological polar surface area (TPSA) is 181 Å². The molecule has 0 spiro atoms. The van der Waals surface area contributed by atoms with E-state index in [1.165, 1.54) is 31.2 Å². The molecule has 0 aliphatic carbocycles. The van der Waals surface area contributed by atoms with Crippen LogP contribution in [0.15, 0.2) is 30.9 Å². The van der Waals surface area contributed by atoms with Crippen molar-refractivity contribution in [3.05, 3.63) is 30.9 Å². The monoisotopic (exact) mass is 855 g/mol. The van der Waals surface area contributed by atoms with E-state index >= 15 is 0 Å². The van der Waals surface area contributed by atoms with Crippen molar-refractivity contribution in [2.45, 2.75) is 141 Å². The lowest BCUT2D eigenvalue weighted by Gasteiger charge is -2.47. The van der Waals surface area contributed by atoms with Crippen molar-refractivity contribution in [1.82, 2.24) is 24.3 Å². The van der Waals surface area contributed by atoms with Crippen LogP contribution in [0.3, 0.4) is 0 Å². The van der Waals surface area contributed by atoms with Gasteiger partial charge in [0, 0.05) is 72.5 Å². The van der Waals surface area contributed by atoms with Crippen LogP contribution in [0.2, 0.25) is 0 Å². The SMILES string of the molecule is C#C[C@]12OC(=O)N(CCCCn3cnc(-c4ccc(OF)nc4)c3)[C@@H]1[C@@H](C)C(=O)[C@H](C)C[C@](C)(OC)[C@H](OC1O[C@H](C)C[C@H](N(C)C)[C@H]1O)[C@@H](C)C(=O)[C@@H](C)C(=O)O[C@@H]2CC. The van der Waals surface area contributed by atoms with E-state index in [0.717, 1.165) is 0 Å². The zero-order valence-electron chi connectivity index (χ0n) is 36.9. The average molecular weight is 856 g/mol. The number of hydrogen-bond donors (Lipinski definition) is 1. The Labute approximate surface area is 357 Å². The normalized spacial score (nSPS) is 35.3. The number of esters is 1. The van der Waals surface area contributed by atoms with E-state index < -0.39 is 83.4 Å². The molecule has 1 unspecified atom stereocenters. The van der Waals surface area contributed by atoms with E-state index in [0.29, 0.717) is 37.1 Å². The van der Waals surface area contributed by atoms with Crippen LogP contribution in [0.25, 0.3) is 11.3 Å². The molecule has 3 aliphatic rings. The molecule has 2 aromatic rings. The number of fused-ring (bicyclic) bond motifs is 1. The molecule has 5 rings (SSSR count). The number of carbonyl (C=O) groups is 4. The Morgan fingerprint density at radius 2 is 1.75 bits per heavy atom. The number of aromatic nitrogens is 3. The molecule has 2 aromatic heterocycles. The summed E-state index contributed by atoms with van der Waals surface area (Å²) in [6, 6.07) is 1.67. The van der Waals surface area contributed by atoms with E-state index in [4.69, 9.17) is 30.1 Å². The second kappa shape index (κ2) is 19.7. The lowest BCUT2D eigenvalue weighted by atomic mass is 9.73. The molecular formula is C44H62FN5O11. The maximum atomic E-state index is 14.8. The van der Waals surface area contributed by atoms with E-state index in [1.807, 2.05) is 36.7 Å². The van der Waals surface area contributed by atoms with Gasteiger partial charge >= 0.3 is 12.1 Å². The first-order valence-electron chi connectivity index (χ1n) is 21.1. The van der Waals surface area contributed by atoms with Crippen molar-refractivity contribution < 1.29 is 57.4 Å². The number of amides is 1. The summed E-state index contributed by atoms with van der Waals surface area (Å²) in [5.41, 5.74) is -1.90. The standard InChI is InChI=1S/C44H62FN5O11/c1-12-33-44(13-2)38(50(42(55)60-44)19-15-14-18-49-23-31(47-24-49)30-16-17-34(61-45)46-22-30)27(5)35(51)25(3)21-43(8,56-11)39(28(6)36(52)29(7)40(54)58-33)59-41-37(53)32(48(9)10)20-26(4)57-41/h2,16-17,22-29,32-33,37-39,41,53H,12,14-15,18-21H2,1,3-11H3/t25-,26-,27+,28+,29-,32+,33-,37-,38-,39-,41?,43+,44-/m1/s1. The maximum absolute atomic E-state index is 14.8. The molecular weight excluding hydrogens is 794 g/mol. The zero-order chi connectivity index (χ0) is 45.0. The number of cyclic esters (lactones) is 1. The number of methoxy groups -OCH3 is 1. The smallest absolute Gasteiger partial charge is 0.411 e. The van der Waals surface area contributed by atoms with Crippen LogP contribution in [-0.2, 0) is 44.6 Å². The number of nitrogens with zero attached hydrogens (tertiary/aromatic N) is 5. The molecule has 3 aliphatic heterocycles. The maximum Gasteiger partial charge on any atom is 0.411 e. The van der Waals surface area contributed by atoms with Crippen molar-refractivity contribution in [2.24, 2.45) is 23.7 Å². The Bertz CT molecular complexity index is 1910. The highest BCUT2D eigenvalue weighted by Gasteiger charge is 2.62. The van der Waals surface area contributed by atoms with Gasteiger partial charge < -0.3 is 38.3 Å². The first-order valence-corrected chi connectivity index (χ1v) is 21.1. The summed E-state index contributed by atoms with van der Waals surface area (Å²) in [6.07, 6.45) is 7.38. The Morgan fingerprint density at radius 1 is 1.05 bits per heavy atom. The molecule has 17 heteroatoms. The van der Waals surface area contributed by atoms with Gasteiger partial charge in [0.2, 0.25) is 5.60 Å². The van der Waals surface area contributed by atoms with Gasteiger partial charge in [-0.25, -0.2) is 14.8 Å². The molecule has 0 radical (unpaired) electrons. The van der Waals surface area contributed by atoms with Gasteiger partial charge in [-0.15, -0.1) is 6.42 Å². The quantitative estimate of drug-likeness (QED) is 0.133. The number of carbonyl (C=O) groups excluding carboxylic acids is 4. The van der Waals surface area contributed by atoms with Crippen LogP contribution >= 0.6 is 0 Å². The third-order valence-electron chi connectivity index (χ3n) is 12.8. The molecule has 1 amide bonds. The van der Waals surface area contributed by atoms with Gasteiger partial charge in [-0.3, -0.25) is 24.2 Å². The van der Waals surface area contributed by atoms with E-state index in [1.54, 1.807) is 47.0 Å². The minimum Gasteiger partial charge on any atom is -0.456 e. The summed E-state index contributed by atoms with van der Waals surface area (Å²) in [7, 11) is 5.16. The Balaban J connectivity index is 1.44.